The number of carboxylic acids is 1. The first-order valence-electron chi connectivity index (χ1n) is 7.00. The van der Waals surface area contributed by atoms with Crippen LogP contribution in [0.3, 0.4) is 0 Å². The highest BCUT2D eigenvalue weighted by Crippen LogP contribution is 2.08. The van der Waals surface area contributed by atoms with Gasteiger partial charge in [-0.3, -0.25) is 0 Å². The second kappa shape index (κ2) is 14.7. The van der Waals surface area contributed by atoms with E-state index >= 15 is 0 Å². The molecule has 0 bridgehead atoms. The first-order valence-corrected chi connectivity index (χ1v) is 7.00. The summed E-state index contributed by atoms with van der Waals surface area (Å²) in [5.74, 6) is -0.983. The molecule has 2 heterocycles. The number of hydrogen-bond donors (Lipinski definition) is 1. The fourth-order valence-corrected chi connectivity index (χ4v) is 2.22. The third-order valence-electron chi connectivity index (χ3n) is 3.41. The number of esters is 1. The van der Waals surface area contributed by atoms with Gasteiger partial charge >= 0.3 is 11.9 Å². The van der Waals surface area contributed by atoms with E-state index in [0.29, 0.717) is 18.7 Å². The lowest BCUT2D eigenvalue weighted by atomic mass is 10.1. The number of aliphatic carboxylic acids is 1. The zero-order valence-corrected chi connectivity index (χ0v) is 17.5. The van der Waals surface area contributed by atoms with E-state index in [1.165, 1.54) is 7.11 Å². The molecule has 0 atom stereocenters. The Kier molecular flexibility index (Phi) is 17.3. The van der Waals surface area contributed by atoms with Crippen molar-refractivity contribution in [1.29, 1.82) is 0 Å². The molecule has 2 aliphatic heterocycles. The Bertz CT molecular complexity index is 459. The van der Waals surface area contributed by atoms with Crippen LogP contribution in [-0.2, 0) is 14.3 Å². The van der Waals surface area contributed by atoms with E-state index in [-0.39, 0.29) is 47.8 Å². The van der Waals surface area contributed by atoms with Gasteiger partial charge in [0.05, 0.1) is 7.11 Å². The summed E-state index contributed by atoms with van der Waals surface area (Å²) in [6, 6.07) is 0. The zero-order valence-electron chi connectivity index (χ0n) is 14.2. The molecule has 0 aromatic carbocycles. The highest BCUT2D eigenvalue weighted by Gasteiger charge is 2.15. The molecule has 0 saturated heterocycles. The maximum atomic E-state index is 11.0. The molecule has 0 fully saturated rings. The van der Waals surface area contributed by atoms with Crippen LogP contribution in [0.15, 0.2) is 23.3 Å². The molecule has 0 aromatic heterocycles. The SMILES string of the molecule is Br.CN1CCC=C(C(=O)O)C1.COC(=O)C1=CCCN(C)C1.Cl.Cl. The topological polar surface area (TPSA) is 70.1 Å². The highest BCUT2D eigenvalue weighted by atomic mass is 79.9. The second-order valence-corrected chi connectivity index (χ2v) is 5.31. The van der Waals surface area contributed by atoms with Crippen molar-refractivity contribution >= 4 is 53.7 Å². The van der Waals surface area contributed by atoms with Crippen LogP contribution in [0.4, 0.5) is 0 Å². The number of carbonyl (C=O) groups excluding carboxylic acids is 1. The minimum absolute atomic E-state index is 0. The standard InChI is InChI=1S/C8H13NO2.C7H11NO2.BrH.2ClH/c1-9-5-3-4-7(6-9)8(10)11-2;1-8-4-2-3-6(5-8)7(9)10;;;/h4H,3,5-6H2,1-2H3;3H,2,4-5H2,1H3,(H,9,10);3*1H. The van der Waals surface area contributed by atoms with Gasteiger partial charge in [-0.2, -0.15) is 0 Å². The molecular formula is C15H27BrCl2N2O4. The van der Waals surface area contributed by atoms with E-state index in [9.17, 15) is 9.59 Å². The van der Waals surface area contributed by atoms with Gasteiger partial charge in [0.1, 0.15) is 0 Å². The van der Waals surface area contributed by atoms with Gasteiger partial charge in [-0.25, -0.2) is 9.59 Å². The fraction of sp³-hybridized carbons (Fsp3) is 0.600. The summed E-state index contributed by atoms with van der Waals surface area (Å²) in [6.45, 7) is 3.29. The summed E-state index contributed by atoms with van der Waals surface area (Å²) in [5.41, 5.74) is 1.30. The van der Waals surface area contributed by atoms with Gasteiger partial charge in [-0.05, 0) is 26.9 Å². The van der Waals surface area contributed by atoms with Gasteiger partial charge in [0.25, 0.3) is 0 Å². The summed E-state index contributed by atoms with van der Waals surface area (Å²) in [7, 11) is 5.34. The van der Waals surface area contributed by atoms with E-state index in [4.69, 9.17) is 5.11 Å². The monoisotopic (exact) mass is 448 g/mol. The summed E-state index contributed by atoms with van der Waals surface area (Å²) in [5, 5.41) is 8.56. The van der Waals surface area contributed by atoms with Crippen LogP contribution in [0.25, 0.3) is 0 Å². The van der Waals surface area contributed by atoms with Gasteiger partial charge in [0, 0.05) is 37.3 Å². The smallest absolute Gasteiger partial charge is 0.334 e. The maximum absolute atomic E-state index is 11.0. The maximum Gasteiger partial charge on any atom is 0.334 e. The molecule has 0 radical (unpaired) electrons. The third kappa shape index (κ3) is 10.3. The largest absolute Gasteiger partial charge is 0.478 e. The predicted molar refractivity (Wildman–Crippen MR) is 105 cm³/mol. The van der Waals surface area contributed by atoms with E-state index in [2.05, 4.69) is 9.64 Å². The van der Waals surface area contributed by atoms with Gasteiger partial charge in [-0.1, -0.05) is 12.2 Å². The lowest BCUT2D eigenvalue weighted by molar-refractivity contribution is -0.136. The first kappa shape index (κ1) is 28.2. The molecule has 0 unspecified atom stereocenters. The molecule has 0 aromatic rings. The molecule has 0 spiro atoms. The quantitative estimate of drug-likeness (QED) is 0.651. The number of hydrogen-bond acceptors (Lipinski definition) is 5. The third-order valence-corrected chi connectivity index (χ3v) is 3.41. The van der Waals surface area contributed by atoms with Crippen LogP contribution < -0.4 is 0 Å². The lowest BCUT2D eigenvalue weighted by Gasteiger charge is -2.21. The number of carboxylic acid groups (broad SMARTS) is 1. The van der Waals surface area contributed by atoms with Crippen LogP contribution in [0.2, 0.25) is 0 Å². The van der Waals surface area contributed by atoms with Gasteiger partial charge < -0.3 is 19.6 Å². The van der Waals surface area contributed by atoms with E-state index in [1.807, 2.05) is 25.1 Å². The summed E-state index contributed by atoms with van der Waals surface area (Å²) < 4.78 is 4.60. The Morgan fingerprint density at radius 3 is 1.75 bits per heavy atom. The van der Waals surface area contributed by atoms with Gasteiger partial charge in [-0.15, -0.1) is 41.8 Å². The predicted octanol–water partition coefficient (Wildman–Crippen LogP) is 2.18. The molecule has 24 heavy (non-hydrogen) atoms. The molecule has 142 valence electrons. The number of carbonyl (C=O) groups is 2. The number of ether oxygens (including phenoxy) is 1. The Hall–Kier alpha value is -0.600. The fourth-order valence-electron chi connectivity index (χ4n) is 2.22. The number of methoxy groups -OCH3 is 1. The minimum atomic E-state index is -0.786. The van der Waals surface area contributed by atoms with Crippen molar-refractivity contribution in [3.63, 3.8) is 0 Å². The molecule has 6 nitrogen and oxygen atoms in total. The molecule has 2 rings (SSSR count). The van der Waals surface area contributed by atoms with Gasteiger partial charge in [0.2, 0.25) is 0 Å². The van der Waals surface area contributed by atoms with Crippen molar-refractivity contribution in [1.82, 2.24) is 9.80 Å². The molecular weight excluding hydrogens is 423 g/mol. The number of likely N-dealkylation sites (N-methyl/N-ethyl adjacent to an activating group) is 2. The van der Waals surface area contributed by atoms with Crippen molar-refractivity contribution in [2.75, 3.05) is 47.4 Å². The summed E-state index contributed by atoms with van der Waals surface area (Å²) in [6.07, 6.45) is 5.55. The van der Waals surface area contributed by atoms with Crippen LogP contribution in [0, 0.1) is 0 Å². The molecule has 2 aliphatic rings. The molecule has 0 amide bonds. The molecule has 9 heteroatoms. The van der Waals surface area contributed by atoms with E-state index in [1.54, 1.807) is 6.08 Å². The van der Waals surface area contributed by atoms with Crippen molar-refractivity contribution in [2.45, 2.75) is 12.8 Å². The van der Waals surface area contributed by atoms with Crippen molar-refractivity contribution in [3.8, 4) is 0 Å². The Balaban J connectivity index is -0.000000328. The lowest BCUT2D eigenvalue weighted by Crippen LogP contribution is -2.28. The zero-order chi connectivity index (χ0) is 15.8. The first-order chi connectivity index (χ1) is 9.93. The Labute approximate surface area is 166 Å². The van der Waals surface area contributed by atoms with Crippen molar-refractivity contribution in [3.05, 3.63) is 23.3 Å². The van der Waals surface area contributed by atoms with Crippen LogP contribution in [0.5, 0.6) is 0 Å². The van der Waals surface area contributed by atoms with E-state index < -0.39 is 5.97 Å². The second-order valence-electron chi connectivity index (χ2n) is 5.31. The minimum Gasteiger partial charge on any atom is -0.478 e. The van der Waals surface area contributed by atoms with Crippen molar-refractivity contribution in [2.24, 2.45) is 0 Å². The van der Waals surface area contributed by atoms with Crippen LogP contribution in [0.1, 0.15) is 12.8 Å². The Morgan fingerprint density at radius 2 is 1.42 bits per heavy atom. The summed E-state index contributed by atoms with van der Waals surface area (Å²) >= 11 is 0. The van der Waals surface area contributed by atoms with Crippen LogP contribution in [-0.4, -0.2) is 74.2 Å². The number of halogens is 3. The average molecular weight is 450 g/mol. The number of nitrogens with zero attached hydrogens (tertiary/aromatic N) is 2. The normalized spacial score (nSPS) is 17.3. The van der Waals surface area contributed by atoms with Gasteiger partial charge in [0.15, 0.2) is 0 Å². The molecule has 1 N–H and O–H groups in total. The molecule has 0 saturated carbocycles. The number of rotatable bonds is 2. The highest BCUT2D eigenvalue weighted by molar-refractivity contribution is 8.93. The Morgan fingerprint density at radius 1 is 1.00 bits per heavy atom. The average Bonchev–Trinajstić information content (AvgIpc) is 2.47. The summed E-state index contributed by atoms with van der Waals surface area (Å²) in [4.78, 5) is 25.5. The van der Waals surface area contributed by atoms with Crippen LogP contribution >= 0.6 is 41.8 Å². The van der Waals surface area contributed by atoms with Crippen molar-refractivity contribution < 1.29 is 19.4 Å². The van der Waals surface area contributed by atoms with E-state index in [0.717, 1.165) is 31.5 Å². The molecule has 0 aliphatic carbocycles.